The Balaban J connectivity index is 2.14. The summed E-state index contributed by atoms with van der Waals surface area (Å²) < 4.78 is 5.06. The van der Waals surface area contributed by atoms with E-state index in [4.69, 9.17) is 9.63 Å². The highest BCUT2D eigenvalue weighted by Gasteiger charge is 2.26. The highest BCUT2D eigenvalue weighted by Crippen LogP contribution is 2.37. The molecule has 1 N–H and O–H groups in total. The first-order valence-corrected chi connectivity index (χ1v) is 4.42. The molecule has 1 aliphatic rings. The maximum atomic E-state index is 10.5. The topological polar surface area (TPSA) is 63.3 Å². The highest BCUT2D eigenvalue weighted by atomic mass is 16.5. The normalized spacial score (nSPS) is 16.9. The zero-order valence-corrected chi connectivity index (χ0v) is 7.19. The molecule has 0 unspecified atom stereocenters. The van der Waals surface area contributed by atoms with E-state index in [9.17, 15) is 4.79 Å². The third kappa shape index (κ3) is 1.56. The number of carboxylic acids is 1. The van der Waals surface area contributed by atoms with Gasteiger partial charge in [0.1, 0.15) is 5.76 Å². The molecule has 0 bridgehead atoms. The maximum Gasteiger partial charge on any atom is 0.308 e. The lowest BCUT2D eigenvalue weighted by Crippen LogP contribution is -2.11. The molecule has 1 heterocycles. The van der Waals surface area contributed by atoms with Crippen molar-refractivity contribution in [2.45, 2.75) is 31.6 Å². The van der Waals surface area contributed by atoms with Crippen LogP contribution in [0.1, 0.15) is 36.5 Å². The van der Waals surface area contributed by atoms with E-state index in [0.717, 1.165) is 24.2 Å². The summed E-state index contributed by atoms with van der Waals surface area (Å²) >= 11 is 0. The maximum absolute atomic E-state index is 10.5. The standard InChI is InChI=1S/C9H11NO3/c11-8(12)4-7-5-10-13-9(7)6-2-1-3-6/h5-6H,1-4H2,(H,11,12). The van der Waals surface area contributed by atoms with Crippen LogP contribution >= 0.6 is 0 Å². The van der Waals surface area contributed by atoms with E-state index in [1.165, 1.54) is 12.6 Å². The van der Waals surface area contributed by atoms with Crippen LogP contribution in [0.15, 0.2) is 10.7 Å². The van der Waals surface area contributed by atoms with Gasteiger partial charge in [0.25, 0.3) is 0 Å². The Hall–Kier alpha value is -1.32. The van der Waals surface area contributed by atoms with Crippen LogP contribution in [0, 0.1) is 0 Å². The molecule has 0 atom stereocenters. The summed E-state index contributed by atoms with van der Waals surface area (Å²) in [5, 5.41) is 12.3. The van der Waals surface area contributed by atoms with Crippen molar-refractivity contribution >= 4 is 5.97 Å². The van der Waals surface area contributed by atoms with Crippen molar-refractivity contribution in [3.05, 3.63) is 17.5 Å². The van der Waals surface area contributed by atoms with Crippen molar-refractivity contribution in [3.63, 3.8) is 0 Å². The molecule has 1 fully saturated rings. The summed E-state index contributed by atoms with van der Waals surface area (Å²) in [5.74, 6) is 0.370. The molecule has 0 spiro atoms. The average Bonchev–Trinajstić information content (AvgIpc) is 2.32. The molecule has 0 aliphatic heterocycles. The molecule has 13 heavy (non-hydrogen) atoms. The van der Waals surface area contributed by atoms with Gasteiger partial charge in [0.05, 0.1) is 12.6 Å². The van der Waals surface area contributed by atoms with Crippen molar-refractivity contribution < 1.29 is 14.4 Å². The predicted octanol–water partition coefficient (Wildman–Crippen LogP) is 1.57. The fourth-order valence-corrected chi connectivity index (χ4v) is 1.57. The van der Waals surface area contributed by atoms with Gasteiger partial charge in [0.2, 0.25) is 0 Å². The molecule has 0 aromatic carbocycles. The molecule has 0 amide bonds. The van der Waals surface area contributed by atoms with E-state index < -0.39 is 5.97 Å². The second-order valence-corrected chi connectivity index (χ2v) is 3.41. The van der Waals surface area contributed by atoms with Gasteiger partial charge in [-0.25, -0.2) is 0 Å². The van der Waals surface area contributed by atoms with Gasteiger partial charge in [-0.1, -0.05) is 11.6 Å². The van der Waals surface area contributed by atoms with Crippen LogP contribution in [-0.2, 0) is 11.2 Å². The summed E-state index contributed by atoms with van der Waals surface area (Å²) in [7, 11) is 0. The van der Waals surface area contributed by atoms with E-state index in [2.05, 4.69) is 5.16 Å². The second kappa shape index (κ2) is 3.20. The smallest absolute Gasteiger partial charge is 0.308 e. The Labute approximate surface area is 75.5 Å². The molecule has 1 saturated carbocycles. The lowest BCUT2D eigenvalue weighted by atomic mass is 9.82. The lowest BCUT2D eigenvalue weighted by molar-refractivity contribution is -0.136. The van der Waals surface area contributed by atoms with Crippen molar-refractivity contribution in [2.75, 3.05) is 0 Å². The number of aliphatic carboxylic acids is 1. The Morgan fingerprint density at radius 1 is 1.69 bits per heavy atom. The highest BCUT2D eigenvalue weighted by molar-refractivity contribution is 5.70. The van der Waals surface area contributed by atoms with Gasteiger partial charge >= 0.3 is 5.97 Å². The van der Waals surface area contributed by atoms with Gasteiger partial charge in [0.15, 0.2) is 0 Å². The minimum Gasteiger partial charge on any atom is -0.481 e. The number of hydrogen-bond acceptors (Lipinski definition) is 3. The third-order valence-electron chi connectivity index (χ3n) is 2.49. The van der Waals surface area contributed by atoms with E-state index in [-0.39, 0.29) is 6.42 Å². The van der Waals surface area contributed by atoms with E-state index >= 15 is 0 Å². The number of rotatable bonds is 3. The van der Waals surface area contributed by atoms with Gasteiger partial charge in [0, 0.05) is 11.5 Å². The zero-order chi connectivity index (χ0) is 9.26. The summed E-state index contributed by atoms with van der Waals surface area (Å²) in [6.45, 7) is 0. The molecular weight excluding hydrogens is 170 g/mol. The van der Waals surface area contributed by atoms with E-state index in [1.54, 1.807) is 0 Å². The third-order valence-corrected chi connectivity index (χ3v) is 2.49. The minimum absolute atomic E-state index is 0.0231. The predicted molar refractivity (Wildman–Crippen MR) is 44.4 cm³/mol. The van der Waals surface area contributed by atoms with Crippen molar-refractivity contribution in [2.24, 2.45) is 0 Å². The van der Waals surface area contributed by atoms with Gasteiger partial charge < -0.3 is 9.63 Å². The van der Waals surface area contributed by atoms with Gasteiger partial charge in [-0.2, -0.15) is 0 Å². The van der Waals surface area contributed by atoms with Crippen LogP contribution in [0.2, 0.25) is 0 Å². The molecule has 1 aliphatic carbocycles. The number of carbonyl (C=O) groups is 1. The van der Waals surface area contributed by atoms with Crippen LogP contribution in [0.25, 0.3) is 0 Å². The zero-order valence-electron chi connectivity index (χ0n) is 7.19. The Morgan fingerprint density at radius 2 is 2.46 bits per heavy atom. The average molecular weight is 181 g/mol. The number of hydrogen-bond donors (Lipinski definition) is 1. The number of carboxylic acid groups (broad SMARTS) is 1. The first-order chi connectivity index (χ1) is 6.27. The summed E-state index contributed by atoms with van der Waals surface area (Å²) in [5.41, 5.74) is 0.734. The molecule has 1 aromatic heterocycles. The van der Waals surface area contributed by atoms with Crippen LogP contribution in [0.4, 0.5) is 0 Å². The van der Waals surface area contributed by atoms with Crippen LogP contribution < -0.4 is 0 Å². The number of nitrogens with zero attached hydrogens (tertiary/aromatic N) is 1. The molecule has 70 valence electrons. The number of aromatic nitrogens is 1. The second-order valence-electron chi connectivity index (χ2n) is 3.41. The molecule has 2 rings (SSSR count). The lowest BCUT2D eigenvalue weighted by Gasteiger charge is -2.23. The molecular formula is C9H11NO3. The molecule has 0 radical (unpaired) electrons. The SMILES string of the molecule is O=C(O)Cc1cnoc1C1CCC1. The fourth-order valence-electron chi connectivity index (χ4n) is 1.57. The van der Waals surface area contributed by atoms with Gasteiger partial charge in [-0.15, -0.1) is 0 Å². The summed E-state index contributed by atoms with van der Waals surface area (Å²) in [6, 6.07) is 0. The minimum atomic E-state index is -0.830. The van der Waals surface area contributed by atoms with Crippen molar-refractivity contribution in [1.82, 2.24) is 5.16 Å². The first kappa shape index (κ1) is 8.29. The van der Waals surface area contributed by atoms with E-state index in [1.807, 2.05) is 0 Å². The Bertz CT molecular complexity index is 314. The molecule has 0 saturated heterocycles. The first-order valence-electron chi connectivity index (χ1n) is 4.42. The summed E-state index contributed by atoms with van der Waals surface area (Å²) in [4.78, 5) is 10.5. The molecule has 4 nitrogen and oxygen atoms in total. The molecule has 4 heteroatoms. The Kier molecular flexibility index (Phi) is 2.04. The summed E-state index contributed by atoms with van der Waals surface area (Å²) in [6.07, 6.45) is 4.94. The van der Waals surface area contributed by atoms with Crippen LogP contribution in [0.5, 0.6) is 0 Å². The van der Waals surface area contributed by atoms with Crippen LogP contribution in [0.3, 0.4) is 0 Å². The molecule has 1 aromatic rings. The van der Waals surface area contributed by atoms with Gasteiger partial charge in [-0.05, 0) is 12.8 Å². The van der Waals surface area contributed by atoms with E-state index in [0.29, 0.717) is 5.92 Å². The largest absolute Gasteiger partial charge is 0.481 e. The quantitative estimate of drug-likeness (QED) is 0.768. The Morgan fingerprint density at radius 3 is 3.00 bits per heavy atom. The monoisotopic (exact) mass is 181 g/mol. The van der Waals surface area contributed by atoms with Crippen molar-refractivity contribution in [1.29, 1.82) is 0 Å². The van der Waals surface area contributed by atoms with Gasteiger partial charge in [-0.3, -0.25) is 4.79 Å². The van der Waals surface area contributed by atoms with Crippen LogP contribution in [-0.4, -0.2) is 16.2 Å². The van der Waals surface area contributed by atoms with Crippen molar-refractivity contribution in [3.8, 4) is 0 Å². The fraction of sp³-hybridized carbons (Fsp3) is 0.556.